The predicted molar refractivity (Wildman–Crippen MR) is 86.1 cm³/mol. The third kappa shape index (κ3) is 4.28. The number of nitrogens with one attached hydrogen (secondary N) is 1. The number of hydrogen-bond acceptors (Lipinski definition) is 5. The normalized spacial score (nSPS) is 11.2. The van der Waals surface area contributed by atoms with Gasteiger partial charge in [0.1, 0.15) is 0 Å². The summed E-state index contributed by atoms with van der Waals surface area (Å²) < 4.78 is 6.81. The molecule has 7 heteroatoms. The molecule has 0 saturated heterocycles. The van der Waals surface area contributed by atoms with Crippen LogP contribution >= 0.6 is 0 Å². The van der Waals surface area contributed by atoms with E-state index in [1.165, 1.54) is 6.20 Å². The summed E-state index contributed by atoms with van der Waals surface area (Å²) in [5.41, 5.74) is 1.19. The zero-order valence-electron chi connectivity index (χ0n) is 13.9. The Kier molecular flexibility index (Phi) is 5.31. The Bertz CT molecular complexity index is 706. The lowest BCUT2D eigenvalue weighted by atomic mass is 10.2. The van der Waals surface area contributed by atoms with Crippen molar-refractivity contribution < 1.29 is 14.3 Å². The van der Waals surface area contributed by atoms with Crippen molar-refractivity contribution in [3.63, 3.8) is 0 Å². The van der Waals surface area contributed by atoms with Crippen LogP contribution in [-0.2, 0) is 9.53 Å². The summed E-state index contributed by atoms with van der Waals surface area (Å²) in [5.74, 6) is -0.596. The fraction of sp³-hybridized carbons (Fsp3) is 0.500. The van der Waals surface area contributed by atoms with Gasteiger partial charge in [0.25, 0.3) is 5.91 Å². The lowest BCUT2D eigenvalue weighted by molar-refractivity contribution is -0.147. The van der Waals surface area contributed by atoms with E-state index in [-0.39, 0.29) is 37.0 Å². The highest BCUT2D eigenvalue weighted by Crippen LogP contribution is 2.16. The van der Waals surface area contributed by atoms with E-state index in [0.29, 0.717) is 5.56 Å². The number of esters is 1. The average Bonchev–Trinajstić information content (AvgIpc) is 2.89. The van der Waals surface area contributed by atoms with Gasteiger partial charge in [-0.3, -0.25) is 9.59 Å². The summed E-state index contributed by atoms with van der Waals surface area (Å²) in [5, 5.41) is 7.77. The lowest BCUT2D eigenvalue weighted by Gasteiger charge is -2.09. The van der Waals surface area contributed by atoms with Crippen LogP contribution in [-0.4, -0.2) is 39.3 Å². The molecule has 0 unspecified atom stereocenters. The summed E-state index contributed by atoms with van der Waals surface area (Å²) in [7, 11) is 0. The molecule has 1 N–H and O–H groups in total. The van der Waals surface area contributed by atoms with Crippen molar-refractivity contribution >= 4 is 22.9 Å². The van der Waals surface area contributed by atoms with E-state index in [1.807, 2.05) is 13.8 Å². The van der Waals surface area contributed by atoms with Crippen LogP contribution in [0.15, 0.2) is 18.5 Å². The van der Waals surface area contributed by atoms with Crippen LogP contribution in [0.2, 0.25) is 0 Å². The Morgan fingerprint density at radius 3 is 2.65 bits per heavy atom. The van der Waals surface area contributed by atoms with Crippen molar-refractivity contribution in [3.05, 3.63) is 24.0 Å². The van der Waals surface area contributed by atoms with Crippen LogP contribution in [0.5, 0.6) is 0 Å². The van der Waals surface area contributed by atoms with Crippen molar-refractivity contribution in [1.82, 2.24) is 20.1 Å². The SMILES string of the molecule is CC(C)OC(=O)CCNC(=O)c1cnc2c(cnn2C(C)C)c1. The Morgan fingerprint density at radius 1 is 1.26 bits per heavy atom. The number of rotatable bonds is 6. The van der Waals surface area contributed by atoms with E-state index in [4.69, 9.17) is 4.74 Å². The van der Waals surface area contributed by atoms with Gasteiger partial charge in [0.05, 0.1) is 24.3 Å². The van der Waals surface area contributed by atoms with Crippen LogP contribution in [0, 0.1) is 0 Å². The van der Waals surface area contributed by atoms with E-state index in [0.717, 1.165) is 11.0 Å². The van der Waals surface area contributed by atoms with Crippen molar-refractivity contribution in [1.29, 1.82) is 0 Å². The first-order valence-electron chi connectivity index (χ1n) is 7.69. The molecule has 23 heavy (non-hydrogen) atoms. The van der Waals surface area contributed by atoms with Gasteiger partial charge in [0.15, 0.2) is 5.65 Å². The number of fused-ring (bicyclic) bond motifs is 1. The highest BCUT2D eigenvalue weighted by molar-refractivity contribution is 5.96. The monoisotopic (exact) mass is 318 g/mol. The number of aromatic nitrogens is 3. The van der Waals surface area contributed by atoms with Gasteiger partial charge in [-0.25, -0.2) is 9.67 Å². The number of carbonyl (C=O) groups excluding carboxylic acids is 2. The first kappa shape index (κ1) is 16.9. The molecular weight excluding hydrogens is 296 g/mol. The smallest absolute Gasteiger partial charge is 0.307 e. The Balaban J connectivity index is 1.97. The molecule has 0 aromatic carbocycles. The fourth-order valence-corrected chi connectivity index (χ4v) is 2.14. The van der Waals surface area contributed by atoms with E-state index in [1.54, 1.807) is 30.8 Å². The molecule has 2 rings (SSSR count). The second kappa shape index (κ2) is 7.21. The largest absolute Gasteiger partial charge is 0.463 e. The van der Waals surface area contributed by atoms with Crippen molar-refractivity contribution in [2.45, 2.75) is 46.3 Å². The molecule has 0 bridgehead atoms. The number of ether oxygens (including phenoxy) is 1. The number of nitrogens with zero attached hydrogens (tertiary/aromatic N) is 3. The van der Waals surface area contributed by atoms with E-state index < -0.39 is 0 Å². The molecule has 0 aliphatic carbocycles. The maximum Gasteiger partial charge on any atom is 0.307 e. The summed E-state index contributed by atoms with van der Waals surface area (Å²) in [6.45, 7) is 7.84. The predicted octanol–water partition coefficient (Wildman–Crippen LogP) is 2.08. The van der Waals surface area contributed by atoms with Crippen LogP contribution in [0.1, 0.15) is 50.5 Å². The Labute approximate surface area is 135 Å². The molecule has 0 aliphatic rings. The minimum absolute atomic E-state index is 0.144. The molecule has 0 atom stereocenters. The zero-order valence-corrected chi connectivity index (χ0v) is 13.9. The third-order valence-electron chi connectivity index (χ3n) is 3.17. The van der Waals surface area contributed by atoms with Gasteiger partial charge in [-0.15, -0.1) is 0 Å². The average molecular weight is 318 g/mol. The first-order valence-corrected chi connectivity index (χ1v) is 7.69. The van der Waals surface area contributed by atoms with Gasteiger partial charge in [0.2, 0.25) is 0 Å². The fourth-order valence-electron chi connectivity index (χ4n) is 2.14. The Hall–Kier alpha value is -2.44. The van der Waals surface area contributed by atoms with Crippen molar-refractivity contribution in [2.75, 3.05) is 6.54 Å². The van der Waals surface area contributed by atoms with E-state index in [9.17, 15) is 9.59 Å². The number of hydrogen-bond donors (Lipinski definition) is 1. The van der Waals surface area contributed by atoms with Crippen LogP contribution in [0.4, 0.5) is 0 Å². The molecule has 0 radical (unpaired) electrons. The Morgan fingerprint density at radius 2 is 2.00 bits per heavy atom. The molecule has 2 aromatic heterocycles. The summed E-state index contributed by atoms with van der Waals surface area (Å²) >= 11 is 0. The lowest BCUT2D eigenvalue weighted by Crippen LogP contribution is -2.27. The van der Waals surface area contributed by atoms with Crippen LogP contribution in [0.25, 0.3) is 11.0 Å². The minimum atomic E-state index is -0.327. The van der Waals surface area contributed by atoms with E-state index >= 15 is 0 Å². The van der Waals surface area contributed by atoms with Crippen LogP contribution in [0.3, 0.4) is 0 Å². The molecule has 0 spiro atoms. The first-order chi connectivity index (χ1) is 10.9. The molecule has 2 heterocycles. The number of amides is 1. The number of pyridine rings is 1. The molecule has 0 aliphatic heterocycles. The van der Waals surface area contributed by atoms with Gasteiger partial charge >= 0.3 is 5.97 Å². The topological polar surface area (TPSA) is 86.1 Å². The zero-order chi connectivity index (χ0) is 17.0. The highest BCUT2D eigenvalue weighted by atomic mass is 16.5. The minimum Gasteiger partial charge on any atom is -0.463 e. The highest BCUT2D eigenvalue weighted by Gasteiger charge is 2.12. The van der Waals surface area contributed by atoms with Gasteiger partial charge in [-0.05, 0) is 33.8 Å². The van der Waals surface area contributed by atoms with E-state index in [2.05, 4.69) is 15.4 Å². The molecule has 1 amide bonds. The van der Waals surface area contributed by atoms with Gasteiger partial charge < -0.3 is 10.1 Å². The number of carbonyl (C=O) groups is 2. The second-order valence-electron chi connectivity index (χ2n) is 5.86. The molecular formula is C16H22N4O3. The van der Waals surface area contributed by atoms with Gasteiger partial charge in [-0.2, -0.15) is 5.10 Å². The molecule has 7 nitrogen and oxygen atoms in total. The molecule has 0 saturated carbocycles. The maximum absolute atomic E-state index is 12.1. The maximum atomic E-state index is 12.1. The molecule has 2 aromatic rings. The van der Waals surface area contributed by atoms with Gasteiger partial charge in [0, 0.05) is 24.2 Å². The summed E-state index contributed by atoms with van der Waals surface area (Å²) in [6, 6.07) is 1.95. The van der Waals surface area contributed by atoms with Crippen molar-refractivity contribution in [3.8, 4) is 0 Å². The quantitative estimate of drug-likeness (QED) is 0.824. The van der Waals surface area contributed by atoms with Crippen LogP contribution < -0.4 is 5.32 Å². The molecule has 0 fully saturated rings. The van der Waals surface area contributed by atoms with Crippen molar-refractivity contribution in [2.24, 2.45) is 0 Å². The molecule has 124 valence electrons. The standard InChI is InChI=1S/C16H22N4O3/c1-10(2)20-15-12(9-19-20)7-13(8-18-15)16(22)17-6-5-14(21)23-11(3)4/h7-11H,5-6H2,1-4H3,(H,17,22). The third-order valence-corrected chi connectivity index (χ3v) is 3.17. The van der Waals surface area contributed by atoms with Gasteiger partial charge in [-0.1, -0.05) is 0 Å². The summed E-state index contributed by atoms with van der Waals surface area (Å²) in [6.07, 6.45) is 3.21. The second-order valence-corrected chi connectivity index (χ2v) is 5.86. The summed E-state index contributed by atoms with van der Waals surface area (Å²) in [4.78, 5) is 27.8.